The second-order valence-electron chi connectivity index (χ2n) is 4.93. The molecule has 2 aromatic carbocycles. The van der Waals surface area contributed by atoms with Gasteiger partial charge in [-0.05, 0) is 37.3 Å². The van der Waals surface area contributed by atoms with Crippen LogP contribution in [-0.4, -0.2) is 10.6 Å². The summed E-state index contributed by atoms with van der Waals surface area (Å²) in [5, 5.41) is 6.79. The van der Waals surface area contributed by atoms with E-state index in [1.807, 2.05) is 48.7 Å². The topological polar surface area (TPSA) is 46.1 Å². The van der Waals surface area contributed by atoms with Gasteiger partial charge in [-0.25, -0.2) is 4.79 Å². The van der Waals surface area contributed by atoms with Crippen LogP contribution in [0.3, 0.4) is 0 Å². The molecule has 1 aromatic heterocycles. The van der Waals surface area contributed by atoms with Crippen LogP contribution in [0.4, 0.5) is 16.2 Å². The summed E-state index contributed by atoms with van der Waals surface area (Å²) in [4.78, 5) is 12.2. The molecule has 3 aromatic rings. The van der Waals surface area contributed by atoms with E-state index in [1.54, 1.807) is 0 Å². The average Bonchev–Trinajstić information content (AvgIpc) is 2.88. The van der Waals surface area contributed by atoms with Gasteiger partial charge in [-0.1, -0.05) is 34.1 Å². The number of urea groups is 1. The highest BCUT2D eigenvalue weighted by molar-refractivity contribution is 9.10. The van der Waals surface area contributed by atoms with Crippen LogP contribution in [0.15, 0.2) is 59.2 Å². The summed E-state index contributed by atoms with van der Waals surface area (Å²) in [5.74, 6) is 0. The Morgan fingerprint density at radius 3 is 2.55 bits per heavy atom. The highest BCUT2D eigenvalue weighted by Gasteiger charge is 2.10. The summed E-state index contributed by atoms with van der Waals surface area (Å²) in [6, 6.07) is 15.3. The third-order valence-electron chi connectivity index (χ3n) is 3.48. The number of halogens is 1. The number of hydrogen-bond acceptors (Lipinski definition) is 1. The number of fused-ring (bicyclic) bond motifs is 1. The lowest BCUT2D eigenvalue weighted by atomic mass is 10.2. The Kier molecular flexibility index (Phi) is 4.15. The molecule has 5 heteroatoms. The minimum atomic E-state index is -0.249. The highest BCUT2D eigenvalue weighted by Crippen LogP contribution is 2.26. The van der Waals surface area contributed by atoms with Gasteiger partial charge in [-0.3, -0.25) is 0 Å². The SMILES string of the molecule is CCn1cc(NC(=O)Nc2ccc(Br)cc2)c2ccccc21. The highest BCUT2D eigenvalue weighted by atomic mass is 79.9. The van der Waals surface area contributed by atoms with Gasteiger partial charge in [0.05, 0.1) is 11.2 Å². The fourth-order valence-corrected chi connectivity index (χ4v) is 2.69. The quantitative estimate of drug-likeness (QED) is 0.675. The molecule has 4 nitrogen and oxygen atoms in total. The lowest BCUT2D eigenvalue weighted by Crippen LogP contribution is -2.19. The van der Waals surface area contributed by atoms with Gasteiger partial charge in [0.25, 0.3) is 0 Å². The fourth-order valence-electron chi connectivity index (χ4n) is 2.43. The Morgan fingerprint density at radius 2 is 1.82 bits per heavy atom. The molecule has 0 saturated carbocycles. The van der Waals surface area contributed by atoms with Crippen molar-refractivity contribution in [3.8, 4) is 0 Å². The number of para-hydroxylation sites is 1. The number of rotatable bonds is 3. The van der Waals surface area contributed by atoms with Gasteiger partial charge in [-0.15, -0.1) is 0 Å². The molecular formula is C17H16BrN3O. The number of carbonyl (C=O) groups is 1. The maximum Gasteiger partial charge on any atom is 0.323 e. The number of nitrogens with one attached hydrogen (secondary N) is 2. The zero-order valence-electron chi connectivity index (χ0n) is 12.1. The van der Waals surface area contributed by atoms with E-state index in [-0.39, 0.29) is 6.03 Å². The molecule has 0 atom stereocenters. The van der Waals surface area contributed by atoms with E-state index < -0.39 is 0 Å². The van der Waals surface area contributed by atoms with E-state index in [0.29, 0.717) is 0 Å². The van der Waals surface area contributed by atoms with Gasteiger partial charge in [-0.2, -0.15) is 0 Å². The van der Waals surface area contributed by atoms with Gasteiger partial charge in [0.15, 0.2) is 0 Å². The molecule has 0 spiro atoms. The molecule has 2 amide bonds. The normalized spacial score (nSPS) is 10.6. The Hall–Kier alpha value is -2.27. The van der Waals surface area contributed by atoms with Gasteiger partial charge in [0.2, 0.25) is 0 Å². The fraction of sp³-hybridized carbons (Fsp3) is 0.118. The molecule has 0 saturated heterocycles. The van der Waals surface area contributed by atoms with Crippen molar-refractivity contribution in [1.29, 1.82) is 0 Å². The molecule has 0 aliphatic heterocycles. The van der Waals surface area contributed by atoms with Crippen LogP contribution in [-0.2, 0) is 6.54 Å². The Bertz CT molecular complexity index is 808. The van der Waals surface area contributed by atoms with Gasteiger partial charge < -0.3 is 15.2 Å². The summed E-state index contributed by atoms with van der Waals surface area (Å²) in [7, 11) is 0. The second-order valence-corrected chi connectivity index (χ2v) is 5.85. The molecule has 22 heavy (non-hydrogen) atoms. The first kappa shape index (κ1) is 14.7. The van der Waals surface area contributed by atoms with Crippen molar-refractivity contribution in [2.24, 2.45) is 0 Å². The van der Waals surface area contributed by atoms with Crippen molar-refractivity contribution in [2.75, 3.05) is 10.6 Å². The van der Waals surface area contributed by atoms with Crippen molar-refractivity contribution < 1.29 is 4.79 Å². The molecule has 0 aliphatic rings. The van der Waals surface area contributed by atoms with Crippen LogP contribution in [0.2, 0.25) is 0 Å². The maximum atomic E-state index is 12.2. The number of benzene rings is 2. The van der Waals surface area contributed by atoms with Crippen LogP contribution in [0.1, 0.15) is 6.92 Å². The van der Waals surface area contributed by atoms with Crippen LogP contribution < -0.4 is 10.6 Å². The summed E-state index contributed by atoms with van der Waals surface area (Å²) in [6.45, 7) is 2.94. The Labute approximate surface area is 137 Å². The van der Waals surface area contributed by atoms with E-state index in [0.717, 1.165) is 33.3 Å². The third-order valence-corrected chi connectivity index (χ3v) is 4.01. The average molecular weight is 358 g/mol. The predicted octanol–water partition coefficient (Wildman–Crippen LogP) is 5.07. The smallest absolute Gasteiger partial charge is 0.323 e. The van der Waals surface area contributed by atoms with Crippen molar-refractivity contribution in [3.63, 3.8) is 0 Å². The molecule has 2 N–H and O–H groups in total. The Morgan fingerprint density at radius 1 is 1.09 bits per heavy atom. The molecule has 0 bridgehead atoms. The largest absolute Gasteiger partial charge is 0.346 e. The van der Waals surface area contributed by atoms with Crippen LogP contribution >= 0.6 is 15.9 Å². The van der Waals surface area contributed by atoms with E-state index in [9.17, 15) is 4.79 Å². The summed E-state index contributed by atoms with van der Waals surface area (Å²) in [6.07, 6.45) is 1.96. The lowest BCUT2D eigenvalue weighted by molar-refractivity contribution is 0.262. The summed E-state index contributed by atoms with van der Waals surface area (Å²) >= 11 is 3.37. The van der Waals surface area contributed by atoms with E-state index in [2.05, 4.69) is 44.1 Å². The minimum Gasteiger partial charge on any atom is -0.346 e. The minimum absolute atomic E-state index is 0.249. The van der Waals surface area contributed by atoms with Gasteiger partial charge in [0, 0.05) is 28.3 Å². The predicted molar refractivity (Wildman–Crippen MR) is 94.4 cm³/mol. The first-order valence-electron chi connectivity index (χ1n) is 7.09. The molecule has 3 rings (SSSR count). The number of nitrogens with zero attached hydrogens (tertiary/aromatic N) is 1. The van der Waals surface area contributed by atoms with E-state index in [4.69, 9.17) is 0 Å². The molecule has 1 heterocycles. The molecule has 112 valence electrons. The molecule has 0 radical (unpaired) electrons. The number of hydrogen-bond donors (Lipinski definition) is 2. The first-order valence-corrected chi connectivity index (χ1v) is 7.88. The van der Waals surface area contributed by atoms with Gasteiger partial charge >= 0.3 is 6.03 Å². The monoisotopic (exact) mass is 357 g/mol. The van der Waals surface area contributed by atoms with Crippen molar-refractivity contribution >= 4 is 44.2 Å². The van der Waals surface area contributed by atoms with E-state index >= 15 is 0 Å². The van der Waals surface area contributed by atoms with Gasteiger partial charge in [0.1, 0.15) is 0 Å². The number of aromatic nitrogens is 1. The number of aryl methyl sites for hydroxylation is 1. The molecule has 0 aliphatic carbocycles. The maximum absolute atomic E-state index is 12.2. The number of carbonyl (C=O) groups excluding carboxylic acids is 1. The first-order chi connectivity index (χ1) is 10.7. The zero-order chi connectivity index (χ0) is 15.5. The molecular weight excluding hydrogens is 342 g/mol. The van der Waals surface area contributed by atoms with Crippen molar-refractivity contribution in [3.05, 3.63) is 59.2 Å². The molecule has 0 unspecified atom stereocenters. The number of amides is 2. The van der Waals surface area contributed by atoms with Crippen LogP contribution in [0.25, 0.3) is 10.9 Å². The second kappa shape index (κ2) is 6.23. The summed E-state index contributed by atoms with van der Waals surface area (Å²) in [5.41, 5.74) is 2.68. The lowest BCUT2D eigenvalue weighted by Gasteiger charge is -2.06. The Balaban J connectivity index is 1.80. The zero-order valence-corrected chi connectivity index (χ0v) is 13.7. The van der Waals surface area contributed by atoms with E-state index in [1.165, 1.54) is 0 Å². The standard InChI is InChI=1S/C17H16BrN3O/c1-2-21-11-15(14-5-3-4-6-16(14)21)20-17(22)19-13-9-7-12(18)8-10-13/h3-11H,2H2,1H3,(H2,19,20,22). The molecule has 0 fully saturated rings. The van der Waals surface area contributed by atoms with Crippen LogP contribution in [0, 0.1) is 0 Å². The van der Waals surface area contributed by atoms with Crippen molar-refractivity contribution in [1.82, 2.24) is 4.57 Å². The third kappa shape index (κ3) is 2.99. The van der Waals surface area contributed by atoms with Crippen molar-refractivity contribution in [2.45, 2.75) is 13.5 Å². The van der Waals surface area contributed by atoms with Crippen LogP contribution in [0.5, 0.6) is 0 Å². The number of anilines is 2. The summed E-state index contributed by atoms with van der Waals surface area (Å²) < 4.78 is 3.09.